The molecule has 0 aromatic carbocycles. The first kappa shape index (κ1) is 14.8. The molecule has 0 spiro atoms. The highest BCUT2D eigenvalue weighted by Gasteiger charge is 2.37. The third kappa shape index (κ3) is 3.14. The minimum absolute atomic E-state index is 0.0394. The molecule has 0 saturated carbocycles. The highest BCUT2D eigenvalue weighted by molar-refractivity contribution is 6.74. The smallest absolute Gasteiger partial charge is 0.192 e. The summed E-state index contributed by atoms with van der Waals surface area (Å²) in [4.78, 5) is 0. The first-order valence-electron chi connectivity index (χ1n) is 5.87. The second kappa shape index (κ2) is 5.15. The maximum absolute atomic E-state index is 8.68. The van der Waals surface area contributed by atoms with Crippen molar-refractivity contribution < 1.29 is 14.1 Å². The van der Waals surface area contributed by atoms with Crippen molar-refractivity contribution in [3.63, 3.8) is 0 Å². The van der Waals surface area contributed by atoms with Gasteiger partial charge < -0.3 is 19.8 Å². The van der Waals surface area contributed by atoms with Gasteiger partial charge in [0, 0.05) is 0 Å². The average Bonchev–Trinajstić information content (AvgIpc) is 2.72. The molecule has 0 amide bonds. The van der Waals surface area contributed by atoms with Crippen LogP contribution in [0.25, 0.3) is 0 Å². The van der Waals surface area contributed by atoms with Crippen LogP contribution in [0.15, 0.2) is 21.9 Å². The number of furan rings is 1. The molecule has 1 aromatic rings. The molecule has 0 unspecified atom stereocenters. The van der Waals surface area contributed by atoms with Crippen LogP contribution in [-0.2, 0) is 11.0 Å². The van der Waals surface area contributed by atoms with Crippen molar-refractivity contribution in [1.29, 1.82) is 0 Å². The van der Waals surface area contributed by atoms with Crippen molar-refractivity contribution in [2.24, 2.45) is 10.9 Å². The molecule has 5 nitrogen and oxygen atoms in total. The van der Waals surface area contributed by atoms with E-state index in [1.807, 2.05) is 0 Å². The lowest BCUT2D eigenvalue weighted by Gasteiger charge is -2.35. The summed E-state index contributed by atoms with van der Waals surface area (Å²) < 4.78 is 11.3. The predicted octanol–water partition coefficient (Wildman–Crippen LogP) is 2.90. The third-order valence-corrected chi connectivity index (χ3v) is 7.98. The third-order valence-electron chi connectivity index (χ3n) is 3.50. The van der Waals surface area contributed by atoms with E-state index in [2.05, 4.69) is 39.0 Å². The molecule has 0 radical (unpaired) electrons. The molecule has 1 heterocycles. The van der Waals surface area contributed by atoms with Crippen LogP contribution in [-0.4, -0.2) is 19.4 Å². The number of hydrogen-bond acceptors (Lipinski definition) is 4. The molecule has 1 rings (SSSR count). The van der Waals surface area contributed by atoms with Gasteiger partial charge in [-0.05, 0) is 24.2 Å². The number of amidine groups is 1. The molecular weight excluding hydrogens is 248 g/mol. The Morgan fingerprint density at radius 2 is 2.11 bits per heavy atom. The van der Waals surface area contributed by atoms with Gasteiger partial charge in [-0.1, -0.05) is 25.9 Å². The number of oxime groups is 1. The van der Waals surface area contributed by atoms with Gasteiger partial charge in [0.05, 0.1) is 18.4 Å². The summed E-state index contributed by atoms with van der Waals surface area (Å²) in [6, 6.07) is 1.67. The molecule has 0 fully saturated rings. The van der Waals surface area contributed by atoms with Crippen LogP contribution in [0.3, 0.4) is 0 Å². The second-order valence-electron chi connectivity index (χ2n) is 5.79. The zero-order chi connectivity index (χ0) is 14.0. The predicted molar refractivity (Wildman–Crippen MR) is 73.2 cm³/mol. The molecule has 0 atom stereocenters. The fourth-order valence-corrected chi connectivity index (χ4v) is 2.12. The van der Waals surface area contributed by atoms with Gasteiger partial charge in [-0.3, -0.25) is 0 Å². The van der Waals surface area contributed by atoms with E-state index in [9.17, 15) is 0 Å². The molecule has 0 aliphatic carbocycles. The number of nitrogens with two attached hydrogens (primary N) is 1. The van der Waals surface area contributed by atoms with Crippen LogP contribution in [0.4, 0.5) is 0 Å². The van der Waals surface area contributed by atoms with Crippen LogP contribution >= 0.6 is 0 Å². The van der Waals surface area contributed by atoms with Crippen molar-refractivity contribution in [3.05, 3.63) is 23.7 Å². The summed E-state index contributed by atoms with van der Waals surface area (Å²) in [6.45, 7) is 11.2. The Morgan fingerprint density at radius 3 is 2.61 bits per heavy atom. The van der Waals surface area contributed by atoms with Crippen molar-refractivity contribution in [2.75, 3.05) is 0 Å². The lowest BCUT2D eigenvalue weighted by Crippen LogP contribution is -2.40. The Hall–Kier alpha value is -1.27. The first-order chi connectivity index (χ1) is 8.19. The summed E-state index contributed by atoms with van der Waals surface area (Å²) in [5.74, 6) is 0.632. The van der Waals surface area contributed by atoms with Crippen LogP contribution < -0.4 is 5.73 Å². The SMILES string of the molecule is CC(C)(C)[Si](C)(C)OCc1occc1C(N)=NO. The van der Waals surface area contributed by atoms with E-state index in [4.69, 9.17) is 19.8 Å². The normalized spacial score (nSPS) is 13.9. The Kier molecular flexibility index (Phi) is 4.23. The monoisotopic (exact) mass is 270 g/mol. The van der Waals surface area contributed by atoms with Gasteiger partial charge in [0.2, 0.25) is 0 Å². The van der Waals surface area contributed by atoms with E-state index in [1.54, 1.807) is 6.07 Å². The number of nitrogens with zero attached hydrogens (tertiary/aromatic N) is 1. The van der Waals surface area contributed by atoms with Crippen molar-refractivity contribution in [3.8, 4) is 0 Å². The van der Waals surface area contributed by atoms with Crippen LogP contribution in [0.1, 0.15) is 32.1 Å². The minimum Gasteiger partial charge on any atom is -0.466 e. The molecule has 0 aliphatic rings. The average molecular weight is 270 g/mol. The maximum atomic E-state index is 8.68. The van der Waals surface area contributed by atoms with Crippen LogP contribution in [0, 0.1) is 0 Å². The molecule has 0 aliphatic heterocycles. The Balaban J connectivity index is 2.79. The lowest BCUT2D eigenvalue weighted by molar-refractivity contribution is 0.245. The molecular formula is C12H22N2O3Si. The summed E-state index contributed by atoms with van der Waals surface area (Å²) in [7, 11) is -1.83. The van der Waals surface area contributed by atoms with E-state index in [0.29, 0.717) is 17.9 Å². The van der Waals surface area contributed by atoms with Gasteiger partial charge in [0.1, 0.15) is 5.76 Å². The van der Waals surface area contributed by atoms with E-state index >= 15 is 0 Å². The van der Waals surface area contributed by atoms with Gasteiger partial charge in [0.15, 0.2) is 14.2 Å². The maximum Gasteiger partial charge on any atom is 0.192 e. The molecule has 1 aromatic heterocycles. The summed E-state index contributed by atoms with van der Waals surface area (Å²) in [6.07, 6.45) is 1.51. The van der Waals surface area contributed by atoms with Crippen molar-refractivity contribution >= 4 is 14.2 Å². The standard InChI is InChI=1S/C12H22N2O3Si/c1-12(2,3)18(4,5)17-8-10-9(6-7-16-10)11(13)14-15/h6-7,15H,8H2,1-5H3,(H2,13,14). The fourth-order valence-electron chi connectivity index (χ4n) is 1.20. The van der Waals surface area contributed by atoms with Gasteiger partial charge in [-0.15, -0.1) is 0 Å². The molecule has 0 bridgehead atoms. The Labute approximate surface area is 109 Å². The van der Waals surface area contributed by atoms with Crippen LogP contribution in [0.2, 0.25) is 18.1 Å². The highest BCUT2D eigenvalue weighted by atomic mass is 28.4. The summed E-state index contributed by atoms with van der Waals surface area (Å²) in [5.41, 5.74) is 6.14. The zero-order valence-electron chi connectivity index (χ0n) is 11.7. The topological polar surface area (TPSA) is 81.0 Å². The van der Waals surface area contributed by atoms with E-state index in [0.717, 1.165) is 0 Å². The fraction of sp³-hybridized carbons (Fsp3) is 0.583. The van der Waals surface area contributed by atoms with Crippen molar-refractivity contribution in [1.82, 2.24) is 0 Å². The zero-order valence-corrected chi connectivity index (χ0v) is 12.7. The first-order valence-corrected chi connectivity index (χ1v) is 8.78. The van der Waals surface area contributed by atoms with Crippen LogP contribution in [0.5, 0.6) is 0 Å². The molecule has 6 heteroatoms. The summed E-state index contributed by atoms with van der Waals surface area (Å²) in [5, 5.41) is 11.8. The molecule has 3 N–H and O–H groups in total. The van der Waals surface area contributed by atoms with Gasteiger partial charge in [0.25, 0.3) is 0 Å². The molecule has 0 saturated heterocycles. The summed E-state index contributed by atoms with van der Waals surface area (Å²) >= 11 is 0. The molecule has 102 valence electrons. The van der Waals surface area contributed by atoms with Gasteiger partial charge >= 0.3 is 0 Å². The van der Waals surface area contributed by atoms with Crippen molar-refractivity contribution in [2.45, 2.75) is 45.5 Å². The number of hydrogen-bond donors (Lipinski definition) is 2. The molecule has 18 heavy (non-hydrogen) atoms. The van der Waals surface area contributed by atoms with E-state index in [-0.39, 0.29) is 10.9 Å². The highest BCUT2D eigenvalue weighted by Crippen LogP contribution is 2.37. The van der Waals surface area contributed by atoms with E-state index < -0.39 is 8.32 Å². The Bertz CT molecular complexity index is 433. The van der Waals surface area contributed by atoms with Gasteiger partial charge in [-0.2, -0.15) is 0 Å². The quantitative estimate of drug-likeness (QED) is 0.290. The minimum atomic E-state index is -1.83. The largest absolute Gasteiger partial charge is 0.466 e. The number of rotatable bonds is 4. The lowest BCUT2D eigenvalue weighted by atomic mass is 10.2. The van der Waals surface area contributed by atoms with E-state index in [1.165, 1.54) is 6.26 Å². The Morgan fingerprint density at radius 1 is 1.50 bits per heavy atom. The van der Waals surface area contributed by atoms with Gasteiger partial charge in [-0.25, -0.2) is 0 Å². The second-order valence-corrected chi connectivity index (χ2v) is 10.6.